The van der Waals surface area contributed by atoms with Crippen molar-refractivity contribution in [3.8, 4) is 56.7 Å². The highest BCUT2D eigenvalue weighted by molar-refractivity contribution is 6.19. The van der Waals surface area contributed by atoms with Crippen LogP contribution in [0.15, 0.2) is 200 Å². The largest absolute Gasteiger partial charge is 0.309 e. The van der Waals surface area contributed by atoms with Crippen molar-refractivity contribution in [3.63, 3.8) is 0 Å². The lowest BCUT2D eigenvalue weighted by atomic mass is 10.0. The molecule has 0 amide bonds. The van der Waals surface area contributed by atoms with E-state index in [1.54, 1.807) is 0 Å². The molecule has 262 valence electrons. The minimum absolute atomic E-state index is 0.617. The van der Waals surface area contributed by atoms with Gasteiger partial charge < -0.3 is 9.13 Å². The molecule has 0 radical (unpaired) electrons. The van der Waals surface area contributed by atoms with E-state index in [4.69, 9.17) is 15.0 Å². The van der Waals surface area contributed by atoms with E-state index in [2.05, 4.69) is 149 Å². The minimum Gasteiger partial charge on any atom is -0.309 e. The smallest absolute Gasteiger partial charge is 0.164 e. The lowest BCUT2D eigenvalue weighted by molar-refractivity contribution is 1.07. The van der Waals surface area contributed by atoms with Gasteiger partial charge in [-0.15, -0.1) is 0 Å². The van der Waals surface area contributed by atoms with Crippen LogP contribution in [0, 0.1) is 0 Å². The molecule has 0 N–H and O–H groups in total. The molecule has 56 heavy (non-hydrogen) atoms. The summed E-state index contributed by atoms with van der Waals surface area (Å²) in [6.07, 6.45) is 0. The molecule has 5 nitrogen and oxygen atoms in total. The predicted molar refractivity (Wildman–Crippen MR) is 230 cm³/mol. The number of rotatable bonds is 6. The van der Waals surface area contributed by atoms with Gasteiger partial charge in [-0.3, -0.25) is 0 Å². The second-order valence-corrected chi connectivity index (χ2v) is 14.1. The number of hydrogen-bond acceptors (Lipinski definition) is 3. The first-order valence-corrected chi connectivity index (χ1v) is 18.9. The molecule has 8 aromatic carbocycles. The molecular formula is C51H33N5. The SMILES string of the molecule is c1ccc(-c2cc(-c3nc(-c4ccccc4)nc(-c4ccccc4)n3)cc(-n3c4ccccc4c4cc5c(cc43)c3ccccc3n5-c3ccccc3)c2)cc1. The van der Waals surface area contributed by atoms with Gasteiger partial charge in [-0.2, -0.15) is 0 Å². The molecule has 11 rings (SSSR count). The number of benzene rings is 8. The number of hydrogen-bond donors (Lipinski definition) is 0. The van der Waals surface area contributed by atoms with E-state index in [1.165, 1.54) is 32.6 Å². The van der Waals surface area contributed by atoms with Crippen LogP contribution in [-0.4, -0.2) is 24.1 Å². The Bertz CT molecular complexity index is 3160. The summed E-state index contributed by atoms with van der Waals surface area (Å²) in [5, 5.41) is 4.81. The Balaban J connectivity index is 1.21. The normalized spacial score (nSPS) is 11.6. The summed E-state index contributed by atoms with van der Waals surface area (Å²) in [6, 6.07) is 70.4. The van der Waals surface area contributed by atoms with E-state index in [9.17, 15) is 0 Å². The maximum atomic E-state index is 5.15. The lowest BCUT2D eigenvalue weighted by Crippen LogP contribution is -2.01. The Morgan fingerprint density at radius 1 is 0.250 bits per heavy atom. The highest BCUT2D eigenvalue weighted by Gasteiger charge is 2.20. The highest BCUT2D eigenvalue weighted by atomic mass is 15.0. The van der Waals surface area contributed by atoms with E-state index in [0.717, 1.165) is 50.2 Å². The van der Waals surface area contributed by atoms with E-state index >= 15 is 0 Å². The van der Waals surface area contributed by atoms with Gasteiger partial charge in [0.25, 0.3) is 0 Å². The van der Waals surface area contributed by atoms with Crippen LogP contribution in [0.4, 0.5) is 0 Å². The molecule has 0 bridgehead atoms. The fourth-order valence-corrected chi connectivity index (χ4v) is 8.17. The molecule has 0 atom stereocenters. The van der Waals surface area contributed by atoms with Crippen molar-refractivity contribution in [1.82, 2.24) is 24.1 Å². The van der Waals surface area contributed by atoms with Gasteiger partial charge >= 0.3 is 0 Å². The minimum atomic E-state index is 0.617. The van der Waals surface area contributed by atoms with E-state index in [0.29, 0.717) is 17.5 Å². The Hall–Kier alpha value is -7.63. The Kier molecular flexibility index (Phi) is 7.42. The third-order valence-corrected chi connectivity index (χ3v) is 10.7. The summed E-state index contributed by atoms with van der Waals surface area (Å²) in [7, 11) is 0. The van der Waals surface area contributed by atoms with Crippen molar-refractivity contribution in [2.24, 2.45) is 0 Å². The van der Waals surface area contributed by atoms with E-state index in [1.807, 2.05) is 60.7 Å². The predicted octanol–water partition coefficient (Wildman–Crippen LogP) is 12.7. The third-order valence-electron chi connectivity index (χ3n) is 10.7. The molecule has 0 aliphatic carbocycles. The van der Waals surface area contributed by atoms with Gasteiger partial charge in [0, 0.05) is 49.6 Å². The van der Waals surface area contributed by atoms with Crippen molar-refractivity contribution in [1.29, 1.82) is 0 Å². The zero-order chi connectivity index (χ0) is 37.0. The summed E-state index contributed by atoms with van der Waals surface area (Å²) in [4.78, 5) is 15.3. The zero-order valence-corrected chi connectivity index (χ0v) is 30.3. The maximum Gasteiger partial charge on any atom is 0.164 e. The van der Waals surface area contributed by atoms with Gasteiger partial charge in [0.15, 0.2) is 17.5 Å². The molecule has 0 saturated heterocycles. The van der Waals surface area contributed by atoms with Gasteiger partial charge in [0.1, 0.15) is 0 Å². The van der Waals surface area contributed by atoms with Crippen LogP contribution in [0.25, 0.3) is 100 Å². The van der Waals surface area contributed by atoms with E-state index < -0.39 is 0 Å². The van der Waals surface area contributed by atoms with Crippen molar-refractivity contribution in [2.75, 3.05) is 0 Å². The molecule has 0 aliphatic heterocycles. The van der Waals surface area contributed by atoms with Crippen LogP contribution < -0.4 is 0 Å². The summed E-state index contributed by atoms with van der Waals surface area (Å²) < 4.78 is 4.80. The standard InChI is InChI=1S/C51H33N5/c1-5-17-34(18-6-1)37-29-38(51-53-49(35-19-7-2-8-20-35)52-50(54-51)36-21-9-3-10-22-36)31-40(30-37)56-46-28-16-14-26-42(46)44-32-47-43(33-48(44)56)41-25-13-15-27-45(41)55(47)39-23-11-4-12-24-39/h1-33H. The van der Waals surface area contributed by atoms with E-state index in [-0.39, 0.29) is 0 Å². The second-order valence-electron chi connectivity index (χ2n) is 14.1. The van der Waals surface area contributed by atoms with Crippen molar-refractivity contribution in [2.45, 2.75) is 0 Å². The quantitative estimate of drug-likeness (QED) is 0.172. The lowest BCUT2D eigenvalue weighted by Gasteiger charge is -2.14. The molecule has 3 heterocycles. The van der Waals surface area contributed by atoms with Crippen molar-refractivity contribution < 1.29 is 0 Å². The molecule has 0 spiro atoms. The van der Waals surface area contributed by atoms with Crippen LogP contribution >= 0.6 is 0 Å². The first-order chi connectivity index (χ1) is 27.8. The van der Waals surface area contributed by atoms with Crippen LogP contribution in [0.2, 0.25) is 0 Å². The van der Waals surface area contributed by atoms with Gasteiger partial charge in [0.05, 0.1) is 22.1 Å². The molecule has 11 aromatic rings. The number of fused-ring (bicyclic) bond motifs is 6. The number of para-hydroxylation sites is 3. The topological polar surface area (TPSA) is 48.5 Å². The summed E-state index contributed by atoms with van der Waals surface area (Å²) in [6.45, 7) is 0. The molecular weight excluding hydrogens is 683 g/mol. The van der Waals surface area contributed by atoms with Crippen LogP contribution in [0.1, 0.15) is 0 Å². The van der Waals surface area contributed by atoms with Gasteiger partial charge in [-0.1, -0.05) is 146 Å². The summed E-state index contributed by atoms with van der Waals surface area (Å²) in [5.41, 5.74) is 11.8. The molecule has 0 aliphatic rings. The molecule has 5 heteroatoms. The molecule has 3 aromatic heterocycles. The fraction of sp³-hybridized carbons (Fsp3) is 0. The molecule has 0 unspecified atom stereocenters. The fourth-order valence-electron chi connectivity index (χ4n) is 8.17. The second kappa shape index (κ2) is 13.0. The average molecular weight is 716 g/mol. The monoisotopic (exact) mass is 715 g/mol. The maximum absolute atomic E-state index is 5.15. The van der Waals surface area contributed by atoms with Crippen molar-refractivity contribution >= 4 is 43.6 Å². The molecule has 0 saturated carbocycles. The van der Waals surface area contributed by atoms with Crippen LogP contribution in [0.3, 0.4) is 0 Å². The first-order valence-electron chi connectivity index (χ1n) is 18.9. The van der Waals surface area contributed by atoms with Crippen molar-refractivity contribution in [3.05, 3.63) is 200 Å². The Morgan fingerprint density at radius 2 is 0.643 bits per heavy atom. The highest BCUT2D eigenvalue weighted by Crippen LogP contribution is 2.41. The zero-order valence-electron chi connectivity index (χ0n) is 30.3. The summed E-state index contributed by atoms with van der Waals surface area (Å²) >= 11 is 0. The number of nitrogens with zero attached hydrogens (tertiary/aromatic N) is 5. The number of aromatic nitrogens is 5. The third kappa shape index (κ3) is 5.29. The van der Waals surface area contributed by atoms with Crippen LogP contribution in [0.5, 0.6) is 0 Å². The van der Waals surface area contributed by atoms with Crippen LogP contribution in [-0.2, 0) is 0 Å². The Morgan fingerprint density at radius 3 is 1.16 bits per heavy atom. The first kappa shape index (κ1) is 31.9. The Labute approximate surface area is 323 Å². The van der Waals surface area contributed by atoms with Gasteiger partial charge in [-0.05, 0) is 65.7 Å². The summed E-state index contributed by atoms with van der Waals surface area (Å²) in [5.74, 6) is 1.89. The van der Waals surface area contributed by atoms with Gasteiger partial charge in [0.2, 0.25) is 0 Å². The average Bonchev–Trinajstić information content (AvgIpc) is 3.78. The van der Waals surface area contributed by atoms with Gasteiger partial charge in [-0.25, -0.2) is 15.0 Å². The molecule has 0 fully saturated rings.